The van der Waals surface area contributed by atoms with Gasteiger partial charge in [0.15, 0.2) is 0 Å². The molecule has 0 aliphatic carbocycles. The van der Waals surface area contributed by atoms with E-state index in [-0.39, 0.29) is 5.91 Å². The molecule has 0 aliphatic heterocycles. The summed E-state index contributed by atoms with van der Waals surface area (Å²) in [6.07, 6.45) is 1.61. The molecule has 0 radical (unpaired) electrons. The molecule has 0 unspecified atom stereocenters. The van der Waals surface area contributed by atoms with Crippen molar-refractivity contribution in [1.29, 1.82) is 0 Å². The van der Waals surface area contributed by atoms with Crippen LogP contribution in [0.2, 0.25) is 0 Å². The molecule has 22 heavy (non-hydrogen) atoms. The fourth-order valence-electron chi connectivity index (χ4n) is 1.76. The van der Waals surface area contributed by atoms with E-state index in [1.165, 1.54) is 17.3 Å². The summed E-state index contributed by atoms with van der Waals surface area (Å²) in [6.45, 7) is 2.03. The summed E-state index contributed by atoms with van der Waals surface area (Å²) in [4.78, 5) is 12.9. The molecule has 0 spiro atoms. The Hall–Kier alpha value is -2.27. The molecule has 0 atom stereocenters. The third kappa shape index (κ3) is 4.93. The number of hydrogen-bond donors (Lipinski definition) is 1. The number of carbonyl (C=O) groups excluding carboxylic acids is 1. The Bertz CT molecular complexity index is 654. The summed E-state index contributed by atoms with van der Waals surface area (Å²) in [6, 6.07) is 15.4. The Balaban J connectivity index is 1.79. The van der Waals surface area contributed by atoms with Crippen molar-refractivity contribution in [3.05, 3.63) is 59.7 Å². The van der Waals surface area contributed by atoms with Crippen LogP contribution in [-0.4, -0.2) is 25.0 Å². The molecule has 0 heterocycles. The second kappa shape index (κ2) is 8.24. The number of ether oxygens (including phenoxy) is 1. The van der Waals surface area contributed by atoms with E-state index in [0.717, 1.165) is 16.2 Å². The number of hydrogen-bond acceptors (Lipinski definition) is 4. The summed E-state index contributed by atoms with van der Waals surface area (Å²) in [5.41, 5.74) is 4.59. The Kier molecular flexibility index (Phi) is 6.03. The normalized spacial score (nSPS) is 10.6. The number of rotatable bonds is 6. The molecule has 2 rings (SSSR count). The van der Waals surface area contributed by atoms with E-state index in [2.05, 4.69) is 10.5 Å². The predicted octanol–water partition coefficient (Wildman–Crippen LogP) is 3.25. The van der Waals surface area contributed by atoms with Gasteiger partial charge in [0.25, 0.3) is 0 Å². The van der Waals surface area contributed by atoms with Crippen LogP contribution in [0.1, 0.15) is 11.1 Å². The van der Waals surface area contributed by atoms with Crippen LogP contribution >= 0.6 is 11.8 Å². The zero-order valence-corrected chi connectivity index (χ0v) is 13.4. The standard InChI is InChI=1S/C17H18N2O2S/c1-13-5-3-4-6-16(13)22-12-17(20)19-18-11-14-7-9-15(21-2)10-8-14/h3-11H,12H2,1-2H3,(H,19,20)/b18-11+. The second-order valence-corrected chi connectivity index (χ2v) is 5.64. The van der Waals surface area contributed by atoms with Crippen molar-refractivity contribution in [3.8, 4) is 5.75 Å². The molecule has 114 valence electrons. The summed E-state index contributed by atoms with van der Waals surface area (Å²) in [5.74, 6) is 0.999. The zero-order chi connectivity index (χ0) is 15.8. The molecule has 0 fully saturated rings. The van der Waals surface area contributed by atoms with E-state index < -0.39 is 0 Å². The summed E-state index contributed by atoms with van der Waals surface area (Å²) < 4.78 is 5.08. The van der Waals surface area contributed by atoms with Gasteiger partial charge in [0.05, 0.1) is 19.1 Å². The molecule has 4 nitrogen and oxygen atoms in total. The van der Waals surface area contributed by atoms with Crippen LogP contribution in [0.3, 0.4) is 0 Å². The van der Waals surface area contributed by atoms with Crippen molar-refractivity contribution in [2.24, 2.45) is 5.10 Å². The van der Waals surface area contributed by atoms with E-state index >= 15 is 0 Å². The van der Waals surface area contributed by atoms with Crippen LogP contribution in [0.4, 0.5) is 0 Å². The fourth-order valence-corrected chi connectivity index (χ4v) is 2.58. The molecule has 0 aliphatic rings. The zero-order valence-electron chi connectivity index (χ0n) is 12.6. The highest BCUT2D eigenvalue weighted by molar-refractivity contribution is 8.00. The largest absolute Gasteiger partial charge is 0.497 e. The SMILES string of the molecule is COc1ccc(/C=N/NC(=O)CSc2ccccc2C)cc1. The number of thioether (sulfide) groups is 1. The Morgan fingerprint density at radius 2 is 1.95 bits per heavy atom. The monoisotopic (exact) mass is 314 g/mol. The Morgan fingerprint density at radius 1 is 1.23 bits per heavy atom. The fraction of sp³-hybridized carbons (Fsp3) is 0.176. The van der Waals surface area contributed by atoms with E-state index in [9.17, 15) is 4.79 Å². The number of benzene rings is 2. The van der Waals surface area contributed by atoms with Crippen molar-refractivity contribution in [2.75, 3.05) is 12.9 Å². The minimum Gasteiger partial charge on any atom is -0.497 e. The molecule has 0 saturated carbocycles. The van der Waals surface area contributed by atoms with Crippen LogP contribution in [0.25, 0.3) is 0 Å². The first-order chi connectivity index (χ1) is 10.7. The Labute approximate surface area is 134 Å². The summed E-state index contributed by atoms with van der Waals surface area (Å²) in [7, 11) is 1.62. The van der Waals surface area contributed by atoms with Gasteiger partial charge in [0.1, 0.15) is 5.75 Å². The lowest BCUT2D eigenvalue weighted by molar-refractivity contribution is -0.118. The number of aryl methyl sites for hydroxylation is 1. The van der Waals surface area contributed by atoms with E-state index in [4.69, 9.17) is 4.74 Å². The minimum absolute atomic E-state index is 0.127. The van der Waals surface area contributed by atoms with E-state index in [0.29, 0.717) is 5.75 Å². The quantitative estimate of drug-likeness (QED) is 0.506. The van der Waals surface area contributed by atoms with Gasteiger partial charge < -0.3 is 4.74 Å². The van der Waals surface area contributed by atoms with Gasteiger partial charge in [-0.1, -0.05) is 18.2 Å². The van der Waals surface area contributed by atoms with E-state index in [1.807, 2.05) is 55.5 Å². The van der Waals surface area contributed by atoms with E-state index in [1.54, 1.807) is 13.3 Å². The molecule has 1 N–H and O–H groups in total. The first-order valence-electron chi connectivity index (χ1n) is 6.83. The van der Waals surface area contributed by atoms with Crippen LogP contribution in [0.15, 0.2) is 58.5 Å². The first-order valence-corrected chi connectivity index (χ1v) is 7.82. The number of nitrogens with one attached hydrogen (secondary N) is 1. The molecular formula is C17H18N2O2S. The number of amides is 1. The maximum absolute atomic E-state index is 11.8. The molecular weight excluding hydrogens is 296 g/mol. The van der Waals surface area contributed by atoms with Crippen LogP contribution in [0.5, 0.6) is 5.75 Å². The lowest BCUT2D eigenvalue weighted by atomic mass is 10.2. The van der Waals surface area contributed by atoms with Crippen LogP contribution in [-0.2, 0) is 4.79 Å². The second-order valence-electron chi connectivity index (χ2n) is 4.62. The van der Waals surface area contributed by atoms with Crippen LogP contribution in [0, 0.1) is 6.92 Å². The minimum atomic E-state index is -0.127. The highest BCUT2D eigenvalue weighted by Crippen LogP contribution is 2.21. The Morgan fingerprint density at radius 3 is 2.64 bits per heavy atom. The van der Waals surface area contributed by atoms with Crippen molar-refractivity contribution >= 4 is 23.9 Å². The maximum Gasteiger partial charge on any atom is 0.250 e. The number of nitrogens with zero attached hydrogens (tertiary/aromatic N) is 1. The lowest BCUT2D eigenvalue weighted by Crippen LogP contribution is -2.19. The third-order valence-corrected chi connectivity index (χ3v) is 4.15. The van der Waals surface area contributed by atoms with Gasteiger partial charge in [0.2, 0.25) is 5.91 Å². The molecule has 0 saturated heterocycles. The average molecular weight is 314 g/mol. The highest BCUT2D eigenvalue weighted by atomic mass is 32.2. The molecule has 1 amide bonds. The lowest BCUT2D eigenvalue weighted by Gasteiger charge is -2.04. The molecule has 0 aromatic heterocycles. The van der Waals surface area contributed by atoms with Gasteiger partial charge in [0, 0.05) is 4.90 Å². The molecule has 2 aromatic rings. The van der Waals surface area contributed by atoms with Gasteiger partial charge in [-0.15, -0.1) is 11.8 Å². The predicted molar refractivity (Wildman–Crippen MR) is 90.6 cm³/mol. The number of methoxy groups -OCH3 is 1. The summed E-state index contributed by atoms with van der Waals surface area (Å²) >= 11 is 1.50. The molecule has 5 heteroatoms. The maximum atomic E-state index is 11.8. The third-order valence-electron chi connectivity index (χ3n) is 2.97. The smallest absolute Gasteiger partial charge is 0.250 e. The van der Waals surface area contributed by atoms with Crippen molar-refractivity contribution in [2.45, 2.75) is 11.8 Å². The molecule has 2 aromatic carbocycles. The van der Waals surface area contributed by atoms with Gasteiger partial charge in [-0.3, -0.25) is 4.79 Å². The van der Waals surface area contributed by atoms with Gasteiger partial charge in [-0.05, 0) is 48.4 Å². The van der Waals surface area contributed by atoms with Gasteiger partial charge >= 0.3 is 0 Å². The topological polar surface area (TPSA) is 50.7 Å². The average Bonchev–Trinajstić information content (AvgIpc) is 2.55. The van der Waals surface area contributed by atoms with Gasteiger partial charge in [-0.25, -0.2) is 5.43 Å². The van der Waals surface area contributed by atoms with Gasteiger partial charge in [-0.2, -0.15) is 5.10 Å². The first kappa shape index (κ1) is 16.1. The van der Waals surface area contributed by atoms with Crippen molar-refractivity contribution < 1.29 is 9.53 Å². The molecule has 0 bridgehead atoms. The highest BCUT2D eigenvalue weighted by Gasteiger charge is 2.03. The number of carbonyl (C=O) groups is 1. The van der Waals surface area contributed by atoms with Crippen molar-refractivity contribution in [1.82, 2.24) is 5.43 Å². The summed E-state index contributed by atoms with van der Waals surface area (Å²) in [5, 5.41) is 3.95. The van der Waals surface area contributed by atoms with Crippen molar-refractivity contribution in [3.63, 3.8) is 0 Å². The van der Waals surface area contributed by atoms with Crippen LogP contribution < -0.4 is 10.2 Å². The number of hydrazone groups is 1.